The van der Waals surface area contributed by atoms with Crippen molar-refractivity contribution in [3.63, 3.8) is 0 Å². The molecule has 0 aliphatic carbocycles. The molecule has 0 radical (unpaired) electrons. The van der Waals surface area contributed by atoms with Crippen LogP contribution in [0, 0.1) is 17.0 Å². The lowest BCUT2D eigenvalue weighted by Gasteiger charge is -2.07. The van der Waals surface area contributed by atoms with E-state index in [0.717, 1.165) is 6.07 Å². The van der Waals surface area contributed by atoms with Gasteiger partial charge in [-0.25, -0.2) is 8.42 Å². The van der Waals surface area contributed by atoms with Crippen LogP contribution >= 0.6 is 0 Å². The van der Waals surface area contributed by atoms with Crippen LogP contribution < -0.4 is 5.32 Å². The number of nitrogens with zero attached hydrogens (tertiary/aromatic N) is 3. The van der Waals surface area contributed by atoms with Crippen molar-refractivity contribution in [1.29, 1.82) is 0 Å². The zero-order chi connectivity index (χ0) is 22.1. The molecule has 1 aromatic heterocycles. The third-order valence-electron chi connectivity index (χ3n) is 4.36. The fourth-order valence-electron chi connectivity index (χ4n) is 2.57. The lowest BCUT2D eigenvalue weighted by atomic mass is 10.1. The van der Waals surface area contributed by atoms with Gasteiger partial charge in [0.1, 0.15) is 0 Å². The molecule has 0 fully saturated rings. The number of hydrogen-bond donors (Lipinski definition) is 1. The van der Waals surface area contributed by atoms with E-state index in [2.05, 4.69) is 15.5 Å². The summed E-state index contributed by atoms with van der Waals surface area (Å²) >= 11 is 0. The SMILES string of the molecule is Cc1ccc(C(=O)Nc2nnc(-c3ccc(S(=O)(=O)C(C)C)cc3)o2)cc1[N+](=O)[O-]. The predicted molar refractivity (Wildman–Crippen MR) is 108 cm³/mol. The van der Waals surface area contributed by atoms with Gasteiger partial charge >= 0.3 is 6.01 Å². The second-order valence-electron chi connectivity index (χ2n) is 6.74. The normalized spacial score (nSPS) is 11.5. The number of sulfone groups is 1. The summed E-state index contributed by atoms with van der Waals surface area (Å²) in [7, 11) is -3.40. The number of nitrogens with one attached hydrogen (secondary N) is 1. The van der Waals surface area contributed by atoms with Gasteiger partial charge in [0.05, 0.1) is 15.1 Å². The first kappa shape index (κ1) is 21.1. The summed E-state index contributed by atoms with van der Waals surface area (Å²) in [6, 6.07) is 9.82. The standard InChI is InChI=1S/C19H18N4O6S/c1-11(2)30(27,28)15-8-6-13(7-9-15)18-21-22-19(29-18)20-17(24)14-5-4-12(3)16(10-14)23(25)26/h4-11H,1-3H3,(H,20,22,24). The van der Waals surface area contributed by atoms with Crippen LogP contribution in [0.2, 0.25) is 0 Å². The molecule has 3 rings (SSSR count). The number of benzene rings is 2. The van der Waals surface area contributed by atoms with E-state index in [4.69, 9.17) is 4.42 Å². The number of rotatable bonds is 6. The number of carbonyl (C=O) groups excluding carboxylic acids is 1. The van der Waals surface area contributed by atoms with Crippen LogP contribution in [0.3, 0.4) is 0 Å². The Morgan fingerprint density at radius 1 is 1.13 bits per heavy atom. The molecule has 1 amide bonds. The highest BCUT2D eigenvalue weighted by Crippen LogP contribution is 2.24. The summed E-state index contributed by atoms with van der Waals surface area (Å²) in [6.45, 7) is 4.76. The van der Waals surface area contributed by atoms with Gasteiger partial charge in [-0.2, -0.15) is 0 Å². The Bertz CT molecular complexity index is 1220. The van der Waals surface area contributed by atoms with E-state index in [-0.39, 0.29) is 28.1 Å². The molecule has 30 heavy (non-hydrogen) atoms. The first-order chi connectivity index (χ1) is 14.1. The number of aryl methyl sites for hydroxylation is 1. The van der Waals surface area contributed by atoms with Crippen LogP contribution in [-0.4, -0.2) is 34.7 Å². The smallest absolute Gasteiger partial charge is 0.322 e. The minimum atomic E-state index is -3.40. The molecule has 0 atom stereocenters. The highest BCUT2D eigenvalue weighted by Gasteiger charge is 2.20. The van der Waals surface area contributed by atoms with Crippen molar-refractivity contribution < 1.29 is 22.6 Å². The third-order valence-corrected chi connectivity index (χ3v) is 6.53. The Kier molecular flexibility index (Phi) is 5.65. The second-order valence-corrected chi connectivity index (χ2v) is 9.25. The predicted octanol–water partition coefficient (Wildman–Crippen LogP) is 3.39. The molecule has 0 saturated heterocycles. The number of carbonyl (C=O) groups is 1. The maximum atomic E-state index is 12.3. The minimum absolute atomic E-state index is 0.0651. The molecule has 1 heterocycles. The lowest BCUT2D eigenvalue weighted by Crippen LogP contribution is -2.13. The molecule has 1 N–H and O–H groups in total. The molecule has 0 aliphatic rings. The maximum absolute atomic E-state index is 12.3. The van der Waals surface area contributed by atoms with Crippen molar-refractivity contribution in [2.75, 3.05) is 5.32 Å². The van der Waals surface area contributed by atoms with Crippen molar-refractivity contribution in [2.45, 2.75) is 30.9 Å². The summed E-state index contributed by atoms with van der Waals surface area (Å²) < 4.78 is 29.8. The molecule has 10 nitrogen and oxygen atoms in total. The second kappa shape index (κ2) is 8.03. The van der Waals surface area contributed by atoms with Crippen molar-refractivity contribution in [3.05, 3.63) is 63.7 Å². The van der Waals surface area contributed by atoms with Crippen molar-refractivity contribution in [2.24, 2.45) is 0 Å². The molecule has 11 heteroatoms. The van der Waals surface area contributed by atoms with Crippen LogP contribution in [0.1, 0.15) is 29.8 Å². The molecule has 0 aliphatic heterocycles. The summed E-state index contributed by atoms with van der Waals surface area (Å²) in [5, 5.41) is 20.4. The van der Waals surface area contributed by atoms with Gasteiger partial charge in [0, 0.05) is 22.8 Å². The quantitative estimate of drug-likeness (QED) is 0.462. The van der Waals surface area contributed by atoms with E-state index in [0.29, 0.717) is 11.1 Å². The molecule has 3 aromatic rings. The van der Waals surface area contributed by atoms with E-state index in [1.807, 2.05) is 0 Å². The van der Waals surface area contributed by atoms with Crippen molar-refractivity contribution in [1.82, 2.24) is 10.2 Å². The van der Waals surface area contributed by atoms with Gasteiger partial charge in [0.2, 0.25) is 5.89 Å². The van der Waals surface area contributed by atoms with Gasteiger partial charge in [-0.1, -0.05) is 11.2 Å². The lowest BCUT2D eigenvalue weighted by molar-refractivity contribution is -0.385. The summed E-state index contributed by atoms with van der Waals surface area (Å²) in [6.07, 6.45) is 0. The van der Waals surface area contributed by atoms with Crippen molar-refractivity contribution >= 4 is 27.4 Å². The fourth-order valence-corrected chi connectivity index (χ4v) is 3.63. The molecular weight excluding hydrogens is 412 g/mol. The van der Waals surface area contributed by atoms with Gasteiger partial charge in [0.25, 0.3) is 11.6 Å². The number of anilines is 1. The zero-order valence-corrected chi connectivity index (χ0v) is 17.1. The highest BCUT2D eigenvalue weighted by molar-refractivity contribution is 7.92. The highest BCUT2D eigenvalue weighted by atomic mass is 32.2. The van der Waals surface area contributed by atoms with Gasteiger partial charge in [-0.05, 0) is 51.1 Å². The van der Waals surface area contributed by atoms with E-state index >= 15 is 0 Å². The monoisotopic (exact) mass is 430 g/mol. The topological polar surface area (TPSA) is 145 Å². The molecular formula is C19H18N4O6S. The Morgan fingerprint density at radius 3 is 2.40 bits per heavy atom. The molecule has 0 spiro atoms. The van der Waals surface area contributed by atoms with E-state index in [1.54, 1.807) is 20.8 Å². The molecule has 0 bridgehead atoms. The third kappa shape index (κ3) is 4.20. The van der Waals surface area contributed by atoms with Crippen LogP contribution in [0.4, 0.5) is 11.7 Å². The minimum Gasteiger partial charge on any atom is -0.403 e. The van der Waals surface area contributed by atoms with E-state index in [9.17, 15) is 23.3 Å². The maximum Gasteiger partial charge on any atom is 0.322 e. The first-order valence-corrected chi connectivity index (χ1v) is 10.4. The Hall–Kier alpha value is -3.60. The summed E-state index contributed by atoms with van der Waals surface area (Å²) in [4.78, 5) is 23.0. The van der Waals surface area contributed by atoms with Gasteiger partial charge in [0.15, 0.2) is 9.84 Å². The fraction of sp³-hybridized carbons (Fsp3) is 0.211. The molecule has 0 unspecified atom stereocenters. The number of hydrogen-bond acceptors (Lipinski definition) is 8. The summed E-state index contributed by atoms with van der Waals surface area (Å²) in [5.74, 6) is -0.569. The first-order valence-electron chi connectivity index (χ1n) is 8.84. The average molecular weight is 430 g/mol. The van der Waals surface area contributed by atoms with Crippen LogP contribution in [0.15, 0.2) is 51.8 Å². The number of amides is 1. The van der Waals surface area contributed by atoms with Crippen LogP contribution in [0.5, 0.6) is 0 Å². The molecule has 2 aromatic carbocycles. The van der Waals surface area contributed by atoms with Gasteiger partial charge in [-0.15, -0.1) is 5.10 Å². The van der Waals surface area contributed by atoms with E-state index in [1.165, 1.54) is 36.4 Å². The van der Waals surface area contributed by atoms with Crippen LogP contribution in [0.25, 0.3) is 11.5 Å². The van der Waals surface area contributed by atoms with Gasteiger partial charge in [-0.3, -0.25) is 20.2 Å². The Morgan fingerprint density at radius 2 is 1.80 bits per heavy atom. The Balaban J connectivity index is 1.78. The van der Waals surface area contributed by atoms with Crippen molar-refractivity contribution in [3.8, 4) is 11.5 Å². The average Bonchev–Trinajstić information content (AvgIpc) is 3.16. The Labute approximate surface area is 172 Å². The van der Waals surface area contributed by atoms with E-state index < -0.39 is 25.9 Å². The number of nitro groups is 1. The van der Waals surface area contributed by atoms with Crippen LogP contribution in [-0.2, 0) is 9.84 Å². The van der Waals surface area contributed by atoms with Gasteiger partial charge < -0.3 is 4.42 Å². The largest absolute Gasteiger partial charge is 0.403 e. The number of aromatic nitrogens is 2. The summed E-state index contributed by atoms with van der Waals surface area (Å²) in [5.41, 5.74) is 0.789. The molecule has 0 saturated carbocycles. The zero-order valence-electron chi connectivity index (χ0n) is 16.3. The number of nitro benzene ring substituents is 1. The molecule has 156 valence electrons.